The molecule has 0 bridgehead atoms. The molecule has 0 aromatic heterocycles. The lowest BCUT2D eigenvalue weighted by Crippen LogP contribution is -2.44. The Bertz CT molecular complexity index is 1180. The molecule has 0 aliphatic carbocycles. The van der Waals surface area contributed by atoms with Crippen LogP contribution >= 0.6 is 0 Å². The summed E-state index contributed by atoms with van der Waals surface area (Å²) in [6.07, 6.45) is -4.89. The molecule has 2 aromatic rings. The monoisotopic (exact) mass is 448 g/mol. The minimum atomic E-state index is -4.89. The van der Waals surface area contributed by atoms with E-state index in [0.717, 1.165) is 29.2 Å². The molecule has 0 atom stereocenters. The van der Waals surface area contributed by atoms with E-state index in [1.807, 2.05) is 0 Å². The molecule has 2 aromatic carbocycles. The quantitative estimate of drug-likeness (QED) is 0.571. The van der Waals surface area contributed by atoms with Crippen LogP contribution in [0.2, 0.25) is 0 Å². The van der Waals surface area contributed by atoms with Crippen molar-refractivity contribution in [3.05, 3.63) is 58.9 Å². The van der Waals surface area contributed by atoms with Gasteiger partial charge in [-0.25, -0.2) is 14.1 Å². The predicted octanol–water partition coefficient (Wildman–Crippen LogP) is 3.83. The van der Waals surface area contributed by atoms with Crippen LogP contribution in [-0.4, -0.2) is 30.4 Å². The van der Waals surface area contributed by atoms with Crippen LogP contribution in [-0.2, 0) is 11.0 Å². The number of nitriles is 1. The Kier molecular flexibility index (Phi) is 5.43. The molecule has 1 aliphatic heterocycles. The maximum atomic E-state index is 14.5. The summed E-state index contributed by atoms with van der Waals surface area (Å²) < 4.78 is 54.5. The third-order valence-corrected chi connectivity index (χ3v) is 5.04. The van der Waals surface area contributed by atoms with Crippen molar-refractivity contribution in [1.29, 1.82) is 5.26 Å². The van der Waals surface area contributed by atoms with Gasteiger partial charge < -0.3 is 5.32 Å². The van der Waals surface area contributed by atoms with Crippen molar-refractivity contribution < 1.29 is 31.9 Å². The van der Waals surface area contributed by atoms with Gasteiger partial charge in [-0.05, 0) is 50.2 Å². The Morgan fingerprint density at radius 3 is 2.25 bits per heavy atom. The van der Waals surface area contributed by atoms with Crippen molar-refractivity contribution >= 4 is 29.2 Å². The van der Waals surface area contributed by atoms with E-state index >= 15 is 0 Å². The Morgan fingerprint density at radius 2 is 1.72 bits per heavy atom. The lowest BCUT2D eigenvalue weighted by atomic mass is 10.0. The van der Waals surface area contributed by atoms with Crippen molar-refractivity contribution in [3.8, 4) is 6.07 Å². The number of carbonyl (C=O) groups excluding carboxylic acids is 3. The molecular weight excluding hydrogens is 432 g/mol. The average molecular weight is 448 g/mol. The summed E-state index contributed by atoms with van der Waals surface area (Å²) in [5.41, 5.74) is -4.27. The van der Waals surface area contributed by atoms with Gasteiger partial charge in [-0.1, -0.05) is 0 Å². The minimum absolute atomic E-state index is 0.0642. The standard InChI is InChI=1S/C21H16F4N4O3/c1-20(2)18(31)28(12-5-4-11(10-26)15(8-12)21(23,24)25)19(32)29(20)13-6-7-14(16(22)9-13)17(30)27-3/h4-9H,1-3H3,(H,27,30). The van der Waals surface area contributed by atoms with Gasteiger partial charge in [0.05, 0.1) is 28.4 Å². The van der Waals surface area contributed by atoms with Crippen LogP contribution in [0.4, 0.5) is 33.7 Å². The van der Waals surface area contributed by atoms with Gasteiger partial charge in [0, 0.05) is 12.7 Å². The summed E-state index contributed by atoms with van der Waals surface area (Å²) in [7, 11) is 1.31. The van der Waals surface area contributed by atoms with Gasteiger partial charge >= 0.3 is 12.2 Å². The van der Waals surface area contributed by atoms with E-state index < -0.39 is 46.5 Å². The van der Waals surface area contributed by atoms with Crippen molar-refractivity contribution in [2.24, 2.45) is 0 Å². The first-order valence-electron chi connectivity index (χ1n) is 9.16. The number of nitrogens with zero attached hydrogens (tertiary/aromatic N) is 3. The van der Waals surface area contributed by atoms with Gasteiger partial charge in [0.25, 0.3) is 11.8 Å². The van der Waals surface area contributed by atoms with Gasteiger partial charge in [-0.3, -0.25) is 14.5 Å². The number of alkyl halides is 3. The van der Waals surface area contributed by atoms with Crippen LogP contribution < -0.4 is 15.1 Å². The van der Waals surface area contributed by atoms with E-state index in [0.29, 0.717) is 11.0 Å². The van der Waals surface area contributed by atoms with Gasteiger partial charge in [0.1, 0.15) is 11.4 Å². The van der Waals surface area contributed by atoms with E-state index in [-0.39, 0.29) is 16.9 Å². The fourth-order valence-corrected chi connectivity index (χ4v) is 3.42. The Morgan fingerprint density at radius 1 is 1.09 bits per heavy atom. The van der Waals surface area contributed by atoms with Gasteiger partial charge in [0.2, 0.25) is 0 Å². The topological polar surface area (TPSA) is 93.5 Å². The van der Waals surface area contributed by atoms with Crippen molar-refractivity contribution in [2.75, 3.05) is 16.8 Å². The summed E-state index contributed by atoms with van der Waals surface area (Å²) in [6.45, 7) is 2.71. The maximum Gasteiger partial charge on any atom is 0.417 e. The Hall–Kier alpha value is -3.94. The zero-order chi connectivity index (χ0) is 24.0. The fourth-order valence-electron chi connectivity index (χ4n) is 3.42. The van der Waals surface area contributed by atoms with Crippen molar-refractivity contribution in [3.63, 3.8) is 0 Å². The molecule has 32 heavy (non-hydrogen) atoms. The third kappa shape index (κ3) is 3.53. The lowest BCUT2D eigenvalue weighted by Gasteiger charge is -2.27. The Balaban J connectivity index is 2.10. The number of halogens is 4. The molecule has 4 amide bonds. The minimum Gasteiger partial charge on any atom is -0.355 e. The maximum absolute atomic E-state index is 14.5. The smallest absolute Gasteiger partial charge is 0.355 e. The molecule has 1 saturated heterocycles. The number of hydrogen-bond donors (Lipinski definition) is 1. The number of benzene rings is 2. The zero-order valence-electron chi connectivity index (χ0n) is 17.0. The third-order valence-electron chi connectivity index (χ3n) is 5.04. The number of imide groups is 1. The molecule has 1 aliphatic rings. The van der Waals surface area contributed by atoms with Gasteiger partial charge in [-0.2, -0.15) is 18.4 Å². The van der Waals surface area contributed by atoms with Crippen LogP contribution in [0.25, 0.3) is 0 Å². The van der Waals surface area contributed by atoms with Crippen LogP contribution in [0.1, 0.15) is 35.3 Å². The summed E-state index contributed by atoms with van der Waals surface area (Å²) >= 11 is 0. The van der Waals surface area contributed by atoms with Crippen LogP contribution in [0.5, 0.6) is 0 Å². The second kappa shape index (κ2) is 7.64. The number of carbonyl (C=O) groups is 3. The first-order chi connectivity index (χ1) is 14.8. The SMILES string of the molecule is CNC(=O)c1ccc(N2C(=O)N(c3ccc(C#N)c(C(F)(F)F)c3)C(=O)C2(C)C)cc1F. The van der Waals surface area contributed by atoms with Crippen LogP contribution in [0.3, 0.4) is 0 Å². The predicted molar refractivity (Wildman–Crippen MR) is 105 cm³/mol. The molecule has 1 heterocycles. The molecule has 0 unspecified atom stereocenters. The van der Waals surface area contributed by atoms with E-state index in [1.165, 1.54) is 33.0 Å². The molecule has 0 spiro atoms. The molecular formula is C21H16F4N4O3. The molecule has 1 fully saturated rings. The second-order valence-electron chi connectivity index (χ2n) is 7.40. The van der Waals surface area contributed by atoms with E-state index in [9.17, 15) is 31.9 Å². The van der Waals surface area contributed by atoms with E-state index in [1.54, 1.807) is 0 Å². The fraction of sp³-hybridized carbons (Fsp3) is 0.238. The van der Waals surface area contributed by atoms with Crippen LogP contribution in [0, 0.1) is 17.1 Å². The highest BCUT2D eigenvalue weighted by Gasteiger charge is 2.53. The van der Waals surface area contributed by atoms with E-state index in [2.05, 4.69) is 5.32 Å². The first kappa shape index (κ1) is 22.7. The molecule has 0 saturated carbocycles. The average Bonchev–Trinajstić information content (AvgIpc) is 2.90. The summed E-state index contributed by atoms with van der Waals surface area (Å²) in [5.74, 6) is -2.50. The molecule has 3 rings (SSSR count). The Labute approximate surface area is 179 Å². The number of anilines is 2. The number of rotatable bonds is 3. The highest BCUT2D eigenvalue weighted by molar-refractivity contribution is 6.30. The summed E-state index contributed by atoms with van der Waals surface area (Å²) in [5, 5.41) is 11.2. The van der Waals surface area contributed by atoms with Crippen molar-refractivity contribution in [2.45, 2.75) is 25.6 Å². The summed E-state index contributed by atoms with van der Waals surface area (Å²) in [4.78, 5) is 39.3. The molecule has 1 N–H and O–H groups in total. The number of nitrogens with one attached hydrogen (secondary N) is 1. The first-order valence-corrected chi connectivity index (χ1v) is 9.16. The van der Waals surface area contributed by atoms with Gasteiger partial charge in [-0.15, -0.1) is 0 Å². The lowest BCUT2D eigenvalue weighted by molar-refractivity contribution is -0.137. The van der Waals surface area contributed by atoms with E-state index in [4.69, 9.17) is 5.26 Å². The largest absolute Gasteiger partial charge is 0.417 e. The van der Waals surface area contributed by atoms with Crippen LogP contribution in [0.15, 0.2) is 36.4 Å². The summed E-state index contributed by atoms with van der Waals surface area (Å²) in [6, 6.07) is 6.15. The molecule has 0 radical (unpaired) electrons. The number of hydrogen-bond acceptors (Lipinski definition) is 4. The highest BCUT2D eigenvalue weighted by atomic mass is 19.4. The second-order valence-corrected chi connectivity index (χ2v) is 7.40. The normalized spacial score (nSPS) is 15.7. The number of urea groups is 1. The number of amides is 4. The zero-order valence-corrected chi connectivity index (χ0v) is 17.0. The van der Waals surface area contributed by atoms with Crippen molar-refractivity contribution in [1.82, 2.24) is 5.32 Å². The molecule has 166 valence electrons. The highest BCUT2D eigenvalue weighted by Crippen LogP contribution is 2.39. The molecule has 7 nitrogen and oxygen atoms in total. The molecule has 11 heteroatoms. The van der Waals surface area contributed by atoms with Gasteiger partial charge in [0.15, 0.2) is 0 Å².